The molecule has 0 saturated carbocycles. The average Bonchev–Trinajstić information content (AvgIpc) is 2.90. The number of hydrogen-bond donors (Lipinski definition) is 2. The van der Waals surface area contributed by atoms with Gasteiger partial charge in [0.05, 0.1) is 19.3 Å². The minimum Gasteiger partial charge on any atom is -0.490 e. The first-order chi connectivity index (χ1) is 9.83. The maximum absolute atomic E-state index is 11.9. The molecule has 1 fully saturated rings. The summed E-state index contributed by atoms with van der Waals surface area (Å²) in [6, 6.07) is 5.80. The molecule has 1 aromatic rings. The number of carbonyl (C=O) groups excluding carboxylic acids is 1. The number of hydrogen-bond acceptors (Lipinski definition) is 4. The van der Waals surface area contributed by atoms with Crippen LogP contribution >= 0.6 is 12.4 Å². The molecule has 2 N–H and O–H groups in total. The lowest BCUT2D eigenvalue weighted by atomic mass is 10.2. The summed E-state index contributed by atoms with van der Waals surface area (Å²) in [5.74, 6) is 1.64. The van der Waals surface area contributed by atoms with Crippen molar-refractivity contribution in [2.75, 3.05) is 19.8 Å². The monoisotopic (exact) mass is 312 g/mol. The molecule has 2 aliphatic rings. The fourth-order valence-electron chi connectivity index (χ4n) is 2.54. The second kappa shape index (κ2) is 7.52. The van der Waals surface area contributed by atoms with Crippen molar-refractivity contribution in [1.82, 2.24) is 10.6 Å². The minimum atomic E-state index is -0.0320. The van der Waals surface area contributed by atoms with Crippen LogP contribution in [0.3, 0.4) is 0 Å². The number of rotatable bonds is 3. The third-order valence-electron chi connectivity index (χ3n) is 3.66. The predicted octanol–water partition coefficient (Wildman–Crippen LogP) is 1.64. The van der Waals surface area contributed by atoms with Gasteiger partial charge in [-0.3, -0.25) is 4.79 Å². The third-order valence-corrected chi connectivity index (χ3v) is 3.66. The van der Waals surface area contributed by atoms with Gasteiger partial charge in [-0.05, 0) is 37.1 Å². The van der Waals surface area contributed by atoms with Gasteiger partial charge >= 0.3 is 0 Å². The van der Waals surface area contributed by atoms with Crippen LogP contribution in [0.5, 0.6) is 11.5 Å². The topological polar surface area (TPSA) is 59.6 Å². The van der Waals surface area contributed by atoms with Crippen molar-refractivity contribution in [1.29, 1.82) is 0 Å². The highest BCUT2D eigenvalue weighted by molar-refractivity contribution is 5.85. The number of carbonyl (C=O) groups is 1. The molecule has 0 bridgehead atoms. The van der Waals surface area contributed by atoms with Gasteiger partial charge in [-0.15, -0.1) is 12.4 Å². The molecule has 1 amide bonds. The van der Waals surface area contributed by atoms with Gasteiger partial charge in [0.25, 0.3) is 0 Å². The minimum absolute atomic E-state index is 0. The van der Waals surface area contributed by atoms with Crippen molar-refractivity contribution in [2.45, 2.75) is 31.8 Å². The smallest absolute Gasteiger partial charge is 0.237 e. The van der Waals surface area contributed by atoms with E-state index in [1.807, 2.05) is 18.2 Å². The van der Waals surface area contributed by atoms with E-state index < -0.39 is 0 Å². The Morgan fingerprint density at radius 1 is 1.24 bits per heavy atom. The fraction of sp³-hybridized carbons (Fsp3) is 0.533. The number of ether oxygens (including phenoxy) is 2. The van der Waals surface area contributed by atoms with Gasteiger partial charge in [-0.25, -0.2) is 0 Å². The quantitative estimate of drug-likeness (QED) is 0.891. The van der Waals surface area contributed by atoms with Crippen LogP contribution in [0.2, 0.25) is 0 Å². The van der Waals surface area contributed by atoms with Crippen molar-refractivity contribution >= 4 is 18.3 Å². The van der Waals surface area contributed by atoms with E-state index in [-0.39, 0.29) is 24.4 Å². The summed E-state index contributed by atoms with van der Waals surface area (Å²) in [6.45, 7) is 2.82. The molecule has 2 heterocycles. The molecular weight excluding hydrogens is 292 g/mol. The first kappa shape index (κ1) is 15.9. The molecule has 116 valence electrons. The summed E-state index contributed by atoms with van der Waals surface area (Å²) >= 11 is 0. The van der Waals surface area contributed by atoms with Crippen LogP contribution in [0.25, 0.3) is 0 Å². The van der Waals surface area contributed by atoms with E-state index >= 15 is 0 Å². The molecule has 0 spiro atoms. The summed E-state index contributed by atoms with van der Waals surface area (Å²) in [7, 11) is 0. The molecular formula is C15H21ClN2O3. The molecule has 1 saturated heterocycles. The maximum Gasteiger partial charge on any atom is 0.237 e. The van der Waals surface area contributed by atoms with Crippen LogP contribution in [0.4, 0.5) is 0 Å². The van der Waals surface area contributed by atoms with Gasteiger partial charge in [-0.2, -0.15) is 0 Å². The zero-order valence-corrected chi connectivity index (χ0v) is 12.7. The molecule has 21 heavy (non-hydrogen) atoms. The third kappa shape index (κ3) is 4.02. The second-order valence-electron chi connectivity index (χ2n) is 5.20. The van der Waals surface area contributed by atoms with Crippen molar-refractivity contribution in [3.63, 3.8) is 0 Å². The molecule has 1 aromatic carbocycles. The Balaban J connectivity index is 0.00000161. The van der Waals surface area contributed by atoms with E-state index in [0.717, 1.165) is 42.9 Å². The Morgan fingerprint density at radius 2 is 2.05 bits per heavy atom. The number of amides is 1. The standard InChI is InChI=1S/C15H20N2O3.ClH/c18-15(12-3-1-6-16-12)17-10-11-4-5-13-14(9-11)20-8-2-7-19-13;/h4-5,9,12,16H,1-3,6-8,10H2,(H,17,18);1H. The lowest BCUT2D eigenvalue weighted by Gasteiger charge is -2.12. The van der Waals surface area contributed by atoms with Crippen LogP contribution in [0, 0.1) is 0 Å². The van der Waals surface area contributed by atoms with Gasteiger partial charge in [0, 0.05) is 13.0 Å². The summed E-state index contributed by atoms with van der Waals surface area (Å²) < 4.78 is 11.2. The van der Waals surface area contributed by atoms with Gasteiger partial charge in [0.2, 0.25) is 5.91 Å². The molecule has 3 rings (SSSR count). The van der Waals surface area contributed by atoms with Gasteiger partial charge in [-0.1, -0.05) is 6.07 Å². The first-order valence-corrected chi connectivity index (χ1v) is 7.22. The summed E-state index contributed by atoms with van der Waals surface area (Å²) in [5.41, 5.74) is 1.03. The van der Waals surface area contributed by atoms with E-state index in [4.69, 9.17) is 9.47 Å². The predicted molar refractivity (Wildman–Crippen MR) is 82.2 cm³/mol. The SMILES string of the molecule is Cl.O=C(NCc1ccc2c(c1)OCCCO2)C1CCCN1. The van der Waals surface area contributed by atoms with Crippen molar-refractivity contribution < 1.29 is 14.3 Å². The largest absolute Gasteiger partial charge is 0.490 e. The van der Waals surface area contributed by atoms with Crippen molar-refractivity contribution in [3.8, 4) is 11.5 Å². The van der Waals surface area contributed by atoms with Crippen molar-refractivity contribution in [2.24, 2.45) is 0 Å². The van der Waals surface area contributed by atoms with Crippen molar-refractivity contribution in [3.05, 3.63) is 23.8 Å². The summed E-state index contributed by atoms with van der Waals surface area (Å²) in [4.78, 5) is 11.9. The summed E-state index contributed by atoms with van der Waals surface area (Å²) in [5, 5.41) is 6.16. The lowest BCUT2D eigenvalue weighted by Crippen LogP contribution is -2.39. The molecule has 1 atom stereocenters. The highest BCUT2D eigenvalue weighted by Gasteiger charge is 2.21. The van der Waals surface area contributed by atoms with Gasteiger partial charge in [0.15, 0.2) is 11.5 Å². The molecule has 0 aliphatic carbocycles. The zero-order chi connectivity index (χ0) is 13.8. The van der Waals surface area contributed by atoms with E-state index in [0.29, 0.717) is 19.8 Å². The van der Waals surface area contributed by atoms with Crippen LogP contribution in [-0.2, 0) is 11.3 Å². The number of nitrogens with one attached hydrogen (secondary N) is 2. The number of fused-ring (bicyclic) bond motifs is 1. The van der Waals surface area contributed by atoms with Crippen LogP contribution < -0.4 is 20.1 Å². The lowest BCUT2D eigenvalue weighted by molar-refractivity contribution is -0.122. The molecule has 1 unspecified atom stereocenters. The van der Waals surface area contributed by atoms with Crippen LogP contribution in [0.15, 0.2) is 18.2 Å². The van der Waals surface area contributed by atoms with Crippen LogP contribution in [0.1, 0.15) is 24.8 Å². The Hall–Kier alpha value is -1.46. The normalized spacial score (nSPS) is 20.3. The maximum atomic E-state index is 11.9. The van der Waals surface area contributed by atoms with Gasteiger partial charge in [0.1, 0.15) is 0 Å². The van der Waals surface area contributed by atoms with E-state index in [9.17, 15) is 4.79 Å². The van der Waals surface area contributed by atoms with E-state index in [1.165, 1.54) is 0 Å². The molecule has 5 nitrogen and oxygen atoms in total. The first-order valence-electron chi connectivity index (χ1n) is 7.22. The Morgan fingerprint density at radius 3 is 2.81 bits per heavy atom. The molecule has 0 aromatic heterocycles. The summed E-state index contributed by atoms with van der Waals surface area (Å²) in [6.07, 6.45) is 2.89. The zero-order valence-electron chi connectivity index (χ0n) is 11.9. The van der Waals surface area contributed by atoms with Gasteiger partial charge < -0.3 is 20.1 Å². The van der Waals surface area contributed by atoms with E-state index in [1.54, 1.807) is 0 Å². The average molecular weight is 313 g/mol. The Labute approximate surface area is 130 Å². The fourth-order valence-corrected chi connectivity index (χ4v) is 2.54. The number of benzene rings is 1. The van der Waals surface area contributed by atoms with E-state index in [2.05, 4.69) is 10.6 Å². The highest BCUT2D eigenvalue weighted by Crippen LogP contribution is 2.30. The Bertz CT molecular complexity index is 490. The Kier molecular flexibility index (Phi) is 5.70. The second-order valence-corrected chi connectivity index (χ2v) is 5.20. The highest BCUT2D eigenvalue weighted by atomic mass is 35.5. The molecule has 6 heteroatoms. The van der Waals surface area contributed by atoms with Crippen LogP contribution in [-0.4, -0.2) is 31.7 Å². The molecule has 0 radical (unpaired) electrons. The molecule has 2 aliphatic heterocycles. The number of halogens is 1.